The Morgan fingerprint density at radius 1 is 1.47 bits per heavy atom. The number of rotatable bonds is 2. The zero-order chi connectivity index (χ0) is 12.3. The minimum absolute atomic E-state index is 0.249. The van der Waals surface area contributed by atoms with E-state index in [1.165, 1.54) is 6.20 Å². The van der Waals surface area contributed by atoms with Crippen LogP contribution >= 0.6 is 0 Å². The highest BCUT2D eigenvalue weighted by molar-refractivity contribution is 6.01. The van der Waals surface area contributed by atoms with Crippen LogP contribution in [0.1, 0.15) is 18.4 Å². The molecule has 2 heterocycles. The molecule has 6 nitrogen and oxygen atoms in total. The molecule has 0 aliphatic carbocycles. The first kappa shape index (κ1) is 11.1. The molecule has 1 saturated heterocycles. The van der Waals surface area contributed by atoms with Gasteiger partial charge < -0.3 is 5.32 Å². The van der Waals surface area contributed by atoms with Gasteiger partial charge in [0, 0.05) is 12.6 Å². The second kappa shape index (κ2) is 4.61. The molecule has 1 fully saturated rings. The minimum Gasteiger partial charge on any atom is -0.358 e. The van der Waals surface area contributed by atoms with E-state index in [0.29, 0.717) is 24.2 Å². The van der Waals surface area contributed by atoms with Gasteiger partial charge in [0.05, 0.1) is 5.56 Å². The summed E-state index contributed by atoms with van der Waals surface area (Å²) in [6.45, 7) is 0. The van der Waals surface area contributed by atoms with E-state index in [4.69, 9.17) is 5.26 Å². The van der Waals surface area contributed by atoms with Crippen molar-refractivity contribution in [3.05, 3.63) is 23.9 Å². The maximum atomic E-state index is 11.5. The first-order chi connectivity index (χ1) is 8.19. The van der Waals surface area contributed by atoms with Gasteiger partial charge in [-0.25, -0.2) is 4.98 Å². The predicted octanol–water partition coefficient (Wildman–Crippen LogP) is 0.170. The van der Waals surface area contributed by atoms with E-state index in [9.17, 15) is 9.59 Å². The molecule has 1 aromatic heterocycles. The number of carbonyl (C=O) groups is 2. The van der Waals surface area contributed by atoms with E-state index in [1.807, 2.05) is 6.07 Å². The molecule has 2 N–H and O–H groups in total. The molecule has 1 aromatic rings. The molecule has 1 atom stereocenters. The molecular formula is C11H10N4O2. The first-order valence-corrected chi connectivity index (χ1v) is 5.15. The number of nitrogens with zero attached hydrogens (tertiary/aromatic N) is 2. The Balaban J connectivity index is 2.03. The molecule has 1 unspecified atom stereocenters. The molecule has 0 saturated carbocycles. The number of pyridine rings is 1. The largest absolute Gasteiger partial charge is 0.358 e. The molecule has 1 aliphatic heterocycles. The fraction of sp³-hybridized carbons (Fsp3) is 0.273. The van der Waals surface area contributed by atoms with Crippen LogP contribution in [-0.2, 0) is 9.59 Å². The molecule has 2 amide bonds. The number of nitrogens with one attached hydrogen (secondary N) is 2. The summed E-state index contributed by atoms with van der Waals surface area (Å²) in [6.07, 6.45) is 2.19. The molecule has 0 radical (unpaired) electrons. The maximum absolute atomic E-state index is 11.5. The number of aromatic nitrogens is 1. The zero-order valence-corrected chi connectivity index (χ0v) is 8.93. The third-order valence-corrected chi connectivity index (χ3v) is 2.45. The molecule has 0 bridgehead atoms. The third kappa shape index (κ3) is 2.58. The first-order valence-electron chi connectivity index (χ1n) is 5.15. The Labute approximate surface area is 97.7 Å². The van der Waals surface area contributed by atoms with Crippen LogP contribution in [-0.4, -0.2) is 22.8 Å². The second-order valence-electron chi connectivity index (χ2n) is 3.69. The lowest BCUT2D eigenvalue weighted by molar-refractivity contribution is -0.133. The molecule has 0 spiro atoms. The number of imide groups is 1. The van der Waals surface area contributed by atoms with Crippen molar-refractivity contribution < 1.29 is 9.59 Å². The van der Waals surface area contributed by atoms with Gasteiger partial charge in [0.1, 0.15) is 17.9 Å². The van der Waals surface area contributed by atoms with Gasteiger partial charge in [0.25, 0.3) is 0 Å². The van der Waals surface area contributed by atoms with Crippen molar-refractivity contribution in [2.24, 2.45) is 0 Å². The van der Waals surface area contributed by atoms with Gasteiger partial charge >= 0.3 is 0 Å². The second-order valence-corrected chi connectivity index (χ2v) is 3.69. The average Bonchev–Trinajstić information content (AvgIpc) is 2.34. The summed E-state index contributed by atoms with van der Waals surface area (Å²) < 4.78 is 0. The third-order valence-electron chi connectivity index (χ3n) is 2.45. The van der Waals surface area contributed by atoms with Crippen LogP contribution in [0.5, 0.6) is 0 Å². The van der Waals surface area contributed by atoms with E-state index < -0.39 is 6.04 Å². The topological polar surface area (TPSA) is 94.9 Å². The molecule has 17 heavy (non-hydrogen) atoms. The van der Waals surface area contributed by atoms with E-state index in [1.54, 1.807) is 12.1 Å². The van der Waals surface area contributed by atoms with Crippen molar-refractivity contribution in [3.8, 4) is 6.07 Å². The van der Waals surface area contributed by atoms with Gasteiger partial charge in [0.15, 0.2) is 0 Å². The van der Waals surface area contributed by atoms with Gasteiger partial charge in [-0.15, -0.1) is 0 Å². The van der Waals surface area contributed by atoms with Crippen LogP contribution in [0.3, 0.4) is 0 Å². The van der Waals surface area contributed by atoms with E-state index in [-0.39, 0.29) is 11.8 Å². The number of piperidine rings is 1. The monoisotopic (exact) mass is 230 g/mol. The summed E-state index contributed by atoms with van der Waals surface area (Å²) >= 11 is 0. The lowest BCUT2D eigenvalue weighted by Crippen LogP contribution is -2.47. The van der Waals surface area contributed by atoms with Gasteiger partial charge in [-0.1, -0.05) is 0 Å². The fourth-order valence-corrected chi connectivity index (χ4v) is 1.56. The van der Waals surface area contributed by atoms with Gasteiger partial charge in [-0.05, 0) is 18.6 Å². The van der Waals surface area contributed by atoms with E-state index in [0.717, 1.165) is 0 Å². The van der Waals surface area contributed by atoms with Crippen LogP contribution < -0.4 is 10.6 Å². The fourth-order valence-electron chi connectivity index (χ4n) is 1.56. The molecular weight excluding hydrogens is 220 g/mol. The standard InChI is InChI=1S/C11H10N4O2/c12-5-7-1-3-9(13-6-7)14-8-2-4-10(16)15-11(8)17/h1,3,6,8H,2,4H2,(H,13,14)(H,15,16,17). The van der Waals surface area contributed by atoms with Gasteiger partial charge in [-0.3, -0.25) is 14.9 Å². The maximum Gasteiger partial charge on any atom is 0.249 e. The summed E-state index contributed by atoms with van der Waals surface area (Å²) in [4.78, 5) is 26.4. The Kier molecular flexibility index (Phi) is 3.01. The van der Waals surface area contributed by atoms with Crippen molar-refractivity contribution in [2.75, 3.05) is 5.32 Å². The number of amides is 2. The Morgan fingerprint density at radius 2 is 2.29 bits per heavy atom. The highest BCUT2D eigenvalue weighted by Gasteiger charge is 2.26. The number of hydrogen-bond donors (Lipinski definition) is 2. The summed E-state index contributed by atoms with van der Waals surface area (Å²) in [7, 11) is 0. The number of nitriles is 1. The molecule has 1 aliphatic rings. The summed E-state index contributed by atoms with van der Waals surface area (Å²) in [5, 5.41) is 13.8. The van der Waals surface area contributed by atoms with Crippen LogP contribution in [0.4, 0.5) is 5.82 Å². The summed E-state index contributed by atoms with van der Waals surface area (Å²) in [5.41, 5.74) is 0.457. The van der Waals surface area contributed by atoms with Crippen molar-refractivity contribution in [3.63, 3.8) is 0 Å². The molecule has 6 heteroatoms. The van der Waals surface area contributed by atoms with Crippen molar-refractivity contribution in [1.29, 1.82) is 5.26 Å². The lowest BCUT2D eigenvalue weighted by atomic mass is 10.1. The number of carbonyl (C=O) groups excluding carboxylic acids is 2. The molecule has 0 aromatic carbocycles. The van der Waals surface area contributed by atoms with Crippen LogP contribution in [0.2, 0.25) is 0 Å². The van der Waals surface area contributed by atoms with Crippen LogP contribution in [0, 0.1) is 11.3 Å². The normalized spacial score (nSPS) is 19.4. The van der Waals surface area contributed by atoms with Gasteiger partial charge in [0.2, 0.25) is 11.8 Å². The van der Waals surface area contributed by atoms with Crippen molar-refractivity contribution in [1.82, 2.24) is 10.3 Å². The zero-order valence-electron chi connectivity index (χ0n) is 8.93. The molecule has 2 rings (SSSR count). The highest BCUT2D eigenvalue weighted by Crippen LogP contribution is 2.11. The Bertz CT molecular complexity index is 489. The van der Waals surface area contributed by atoms with Crippen molar-refractivity contribution >= 4 is 17.6 Å². The Morgan fingerprint density at radius 3 is 2.88 bits per heavy atom. The highest BCUT2D eigenvalue weighted by atomic mass is 16.2. The lowest BCUT2D eigenvalue weighted by Gasteiger charge is -2.22. The molecule has 86 valence electrons. The summed E-state index contributed by atoms with van der Waals surface area (Å²) in [5.74, 6) is -0.0771. The van der Waals surface area contributed by atoms with Crippen LogP contribution in [0.25, 0.3) is 0 Å². The smallest absolute Gasteiger partial charge is 0.249 e. The summed E-state index contributed by atoms with van der Waals surface area (Å²) in [6, 6.07) is 4.75. The average molecular weight is 230 g/mol. The number of anilines is 1. The Hall–Kier alpha value is -2.42. The van der Waals surface area contributed by atoms with Crippen molar-refractivity contribution in [2.45, 2.75) is 18.9 Å². The van der Waals surface area contributed by atoms with Gasteiger partial charge in [-0.2, -0.15) is 5.26 Å². The predicted molar refractivity (Wildman–Crippen MR) is 58.7 cm³/mol. The number of hydrogen-bond acceptors (Lipinski definition) is 5. The SMILES string of the molecule is N#Cc1ccc(NC2CCC(=O)NC2=O)nc1. The van der Waals surface area contributed by atoms with Crippen LogP contribution in [0.15, 0.2) is 18.3 Å². The minimum atomic E-state index is -0.451. The van der Waals surface area contributed by atoms with E-state index in [2.05, 4.69) is 15.6 Å². The van der Waals surface area contributed by atoms with E-state index >= 15 is 0 Å². The quantitative estimate of drug-likeness (QED) is 0.706.